The predicted molar refractivity (Wildman–Crippen MR) is 71.7 cm³/mol. The first-order valence-corrected chi connectivity index (χ1v) is 6.69. The van der Waals surface area contributed by atoms with Crippen molar-refractivity contribution >= 4 is 11.9 Å². The highest BCUT2D eigenvalue weighted by atomic mass is 19.1. The summed E-state index contributed by atoms with van der Waals surface area (Å²) in [6.45, 7) is 1.91. The Morgan fingerprint density at radius 2 is 1.95 bits per heavy atom. The third kappa shape index (κ3) is 2.98. The second-order valence-corrected chi connectivity index (χ2v) is 5.57. The number of halogens is 1. The molecule has 0 aromatic heterocycles. The van der Waals surface area contributed by atoms with E-state index in [1.165, 1.54) is 24.3 Å². The van der Waals surface area contributed by atoms with Gasteiger partial charge in [-0.3, -0.25) is 9.59 Å². The van der Waals surface area contributed by atoms with Gasteiger partial charge in [-0.25, -0.2) is 4.39 Å². The molecule has 20 heavy (non-hydrogen) atoms. The van der Waals surface area contributed by atoms with Crippen molar-refractivity contribution in [3.63, 3.8) is 0 Å². The van der Waals surface area contributed by atoms with E-state index in [0.29, 0.717) is 5.56 Å². The van der Waals surface area contributed by atoms with Crippen LogP contribution in [0.4, 0.5) is 4.39 Å². The number of hydrogen-bond donors (Lipinski definition) is 2. The molecule has 0 spiro atoms. The van der Waals surface area contributed by atoms with Crippen molar-refractivity contribution in [2.75, 3.05) is 6.54 Å². The van der Waals surface area contributed by atoms with Gasteiger partial charge >= 0.3 is 5.97 Å². The molecular weight excluding hydrogens is 261 g/mol. The maximum absolute atomic E-state index is 12.9. The zero-order valence-corrected chi connectivity index (χ0v) is 11.4. The van der Waals surface area contributed by atoms with E-state index in [9.17, 15) is 19.1 Å². The molecule has 1 aromatic carbocycles. The second kappa shape index (κ2) is 5.61. The van der Waals surface area contributed by atoms with Gasteiger partial charge in [-0.2, -0.15) is 0 Å². The summed E-state index contributed by atoms with van der Waals surface area (Å²) in [5.74, 6) is -2.40. The van der Waals surface area contributed by atoms with E-state index in [1.54, 1.807) is 0 Å². The standard InChI is InChI=1S/C15H18FNO3/c1-15(7-2-8-15)14(20)17-9-12(13(18)19)10-3-5-11(16)6-4-10/h3-6,12H,2,7-9H2,1H3,(H,17,20)(H,18,19). The molecule has 2 N–H and O–H groups in total. The number of amides is 1. The quantitative estimate of drug-likeness (QED) is 0.869. The minimum absolute atomic E-state index is 0.0232. The van der Waals surface area contributed by atoms with Crippen LogP contribution in [0.15, 0.2) is 24.3 Å². The third-order valence-electron chi connectivity index (χ3n) is 4.04. The lowest BCUT2D eigenvalue weighted by Gasteiger charge is -2.36. The third-order valence-corrected chi connectivity index (χ3v) is 4.04. The summed E-state index contributed by atoms with van der Waals surface area (Å²) >= 11 is 0. The molecule has 1 saturated carbocycles. The van der Waals surface area contributed by atoms with Crippen molar-refractivity contribution in [1.29, 1.82) is 0 Å². The van der Waals surface area contributed by atoms with E-state index in [1.807, 2.05) is 6.92 Å². The number of nitrogens with one attached hydrogen (secondary N) is 1. The van der Waals surface area contributed by atoms with Gasteiger partial charge in [-0.15, -0.1) is 0 Å². The summed E-state index contributed by atoms with van der Waals surface area (Å²) in [5, 5.41) is 11.9. The molecule has 0 radical (unpaired) electrons. The Morgan fingerprint density at radius 3 is 2.40 bits per heavy atom. The molecule has 5 heteroatoms. The molecule has 0 saturated heterocycles. The van der Waals surface area contributed by atoms with Crippen molar-refractivity contribution < 1.29 is 19.1 Å². The van der Waals surface area contributed by atoms with E-state index in [2.05, 4.69) is 5.32 Å². The van der Waals surface area contributed by atoms with Crippen molar-refractivity contribution in [3.05, 3.63) is 35.6 Å². The molecule has 4 nitrogen and oxygen atoms in total. The largest absolute Gasteiger partial charge is 0.481 e. The van der Waals surface area contributed by atoms with Gasteiger partial charge in [-0.05, 0) is 30.5 Å². The average molecular weight is 279 g/mol. The van der Waals surface area contributed by atoms with E-state index in [4.69, 9.17) is 0 Å². The van der Waals surface area contributed by atoms with Crippen molar-refractivity contribution in [2.45, 2.75) is 32.1 Å². The summed E-state index contributed by atoms with van der Waals surface area (Å²) in [7, 11) is 0. The molecular formula is C15H18FNO3. The Kier molecular flexibility index (Phi) is 4.06. The number of benzene rings is 1. The van der Waals surface area contributed by atoms with Crippen LogP contribution in [0, 0.1) is 11.2 Å². The average Bonchev–Trinajstić information content (AvgIpc) is 2.37. The van der Waals surface area contributed by atoms with Crippen molar-refractivity contribution in [2.24, 2.45) is 5.41 Å². The first-order chi connectivity index (χ1) is 9.42. The van der Waals surface area contributed by atoms with E-state index >= 15 is 0 Å². The van der Waals surface area contributed by atoms with Crippen LogP contribution in [0.1, 0.15) is 37.7 Å². The highest BCUT2D eigenvalue weighted by Crippen LogP contribution is 2.40. The van der Waals surface area contributed by atoms with Gasteiger partial charge in [0, 0.05) is 12.0 Å². The van der Waals surface area contributed by atoms with Crippen LogP contribution in [-0.2, 0) is 9.59 Å². The zero-order valence-electron chi connectivity index (χ0n) is 11.4. The molecule has 1 aromatic rings. The Bertz CT molecular complexity index is 508. The molecule has 2 rings (SSSR count). The van der Waals surface area contributed by atoms with Crippen molar-refractivity contribution in [3.8, 4) is 0 Å². The highest BCUT2D eigenvalue weighted by molar-refractivity contribution is 5.84. The summed E-state index contributed by atoms with van der Waals surface area (Å²) in [5.41, 5.74) is 0.129. The van der Waals surface area contributed by atoms with Crippen molar-refractivity contribution in [1.82, 2.24) is 5.32 Å². The summed E-state index contributed by atoms with van der Waals surface area (Å²) in [4.78, 5) is 23.3. The van der Waals surface area contributed by atoms with Gasteiger partial charge in [0.25, 0.3) is 0 Å². The Morgan fingerprint density at radius 1 is 1.35 bits per heavy atom. The number of carbonyl (C=O) groups excluding carboxylic acids is 1. The number of rotatable bonds is 5. The Labute approximate surface area is 117 Å². The van der Waals surface area contributed by atoms with Crippen LogP contribution in [0.3, 0.4) is 0 Å². The molecule has 1 atom stereocenters. The topological polar surface area (TPSA) is 66.4 Å². The van der Waals surface area contributed by atoms with Gasteiger partial charge in [0.1, 0.15) is 5.82 Å². The zero-order chi connectivity index (χ0) is 14.8. The molecule has 0 bridgehead atoms. The first kappa shape index (κ1) is 14.5. The second-order valence-electron chi connectivity index (χ2n) is 5.57. The van der Waals surface area contributed by atoms with Crippen LogP contribution < -0.4 is 5.32 Å². The minimum Gasteiger partial charge on any atom is -0.481 e. The molecule has 0 aliphatic heterocycles. The van der Waals surface area contributed by atoms with E-state index in [0.717, 1.165) is 19.3 Å². The maximum Gasteiger partial charge on any atom is 0.312 e. The molecule has 1 amide bonds. The SMILES string of the molecule is CC1(C(=O)NCC(C(=O)O)c2ccc(F)cc2)CCC1. The molecule has 0 heterocycles. The first-order valence-electron chi connectivity index (χ1n) is 6.69. The lowest BCUT2D eigenvalue weighted by molar-refractivity contribution is -0.139. The minimum atomic E-state index is -1.03. The summed E-state index contributed by atoms with van der Waals surface area (Å²) in [6.07, 6.45) is 2.71. The number of carboxylic acids is 1. The number of hydrogen-bond acceptors (Lipinski definition) is 2. The lowest BCUT2D eigenvalue weighted by atomic mass is 9.70. The molecule has 1 unspecified atom stereocenters. The van der Waals surface area contributed by atoms with Crippen LogP contribution in [0.2, 0.25) is 0 Å². The highest BCUT2D eigenvalue weighted by Gasteiger charge is 2.39. The predicted octanol–water partition coefficient (Wildman–Crippen LogP) is 2.30. The van der Waals surface area contributed by atoms with E-state index < -0.39 is 17.7 Å². The summed E-state index contributed by atoms with van der Waals surface area (Å²) < 4.78 is 12.9. The monoisotopic (exact) mass is 279 g/mol. The van der Waals surface area contributed by atoms with Gasteiger partial charge in [-0.1, -0.05) is 25.5 Å². The Balaban J connectivity index is 2.01. The summed E-state index contributed by atoms with van der Waals surface area (Å²) in [6, 6.07) is 5.32. The number of aliphatic carboxylic acids is 1. The Hall–Kier alpha value is -1.91. The lowest BCUT2D eigenvalue weighted by Crippen LogP contribution is -2.45. The van der Waals surface area contributed by atoms with Crippen LogP contribution in [0.5, 0.6) is 0 Å². The fourth-order valence-electron chi connectivity index (χ4n) is 2.39. The van der Waals surface area contributed by atoms with Gasteiger partial charge < -0.3 is 10.4 Å². The molecule has 1 aliphatic rings. The fourth-order valence-corrected chi connectivity index (χ4v) is 2.39. The van der Waals surface area contributed by atoms with Crippen LogP contribution >= 0.6 is 0 Å². The number of carbonyl (C=O) groups is 2. The van der Waals surface area contributed by atoms with E-state index in [-0.39, 0.29) is 17.9 Å². The fraction of sp³-hybridized carbons (Fsp3) is 0.467. The van der Waals surface area contributed by atoms with Crippen LogP contribution in [0.25, 0.3) is 0 Å². The van der Waals surface area contributed by atoms with Gasteiger partial charge in [0.2, 0.25) is 5.91 Å². The smallest absolute Gasteiger partial charge is 0.312 e. The molecule has 108 valence electrons. The van der Waals surface area contributed by atoms with Gasteiger partial charge in [0.15, 0.2) is 0 Å². The molecule has 1 aliphatic carbocycles. The molecule has 1 fully saturated rings. The van der Waals surface area contributed by atoms with Gasteiger partial charge in [0.05, 0.1) is 5.92 Å². The number of carboxylic acid groups (broad SMARTS) is 1. The normalized spacial score (nSPS) is 17.9. The van der Waals surface area contributed by atoms with Crippen LogP contribution in [-0.4, -0.2) is 23.5 Å². The maximum atomic E-state index is 12.9.